The molecular formula is C10H14N2O2S. The zero-order valence-electron chi connectivity index (χ0n) is 8.66. The van der Waals surface area contributed by atoms with Crippen molar-refractivity contribution in [3.8, 4) is 0 Å². The van der Waals surface area contributed by atoms with Crippen molar-refractivity contribution in [3.05, 3.63) is 15.8 Å². The Morgan fingerprint density at radius 2 is 2.20 bits per heavy atom. The number of hydrogen-bond donors (Lipinski definition) is 1. The standard InChI is InChI=1S/C10H14N2O2S/c1-7-8(6-9(15-7)10(11)13)12-2-4-14-5-3-12/h6H,2-5H2,1H3,(H2,11,13). The molecule has 0 atom stereocenters. The molecule has 4 nitrogen and oxygen atoms in total. The molecule has 0 aliphatic carbocycles. The van der Waals surface area contributed by atoms with Crippen molar-refractivity contribution in [2.45, 2.75) is 6.92 Å². The zero-order valence-corrected chi connectivity index (χ0v) is 9.47. The summed E-state index contributed by atoms with van der Waals surface area (Å²) in [6, 6.07) is 1.88. The van der Waals surface area contributed by atoms with Gasteiger partial charge in [-0.2, -0.15) is 0 Å². The second-order valence-electron chi connectivity index (χ2n) is 3.52. The molecule has 2 rings (SSSR count). The molecule has 2 N–H and O–H groups in total. The molecule has 1 fully saturated rings. The first-order valence-corrected chi connectivity index (χ1v) is 5.73. The number of anilines is 1. The lowest BCUT2D eigenvalue weighted by Crippen LogP contribution is -2.36. The Morgan fingerprint density at radius 3 is 2.73 bits per heavy atom. The van der Waals surface area contributed by atoms with Crippen LogP contribution in [0.4, 0.5) is 5.69 Å². The summed E-state index contributed by atoms with van der Waals surface area (Å²) in [5.41, 5.74) is 6.38. The summed E-state index contributed by atoms with van der Waals surface area (Å²) in [4.78, 5) is 15.1. The Kier molecular flexibility index (Phi) is 2.93. The van der Waals surface area contributed by atoms with Crippen molar-refractivity contribution in [1.29, 1.82) is 0 Å². The number of carbonyl (C=O) groups is 1. The highest BCUT2D eigenvalue weighted by Crippen LogP contribution is 2.29. The van der Waals surface area contributed by atoms with Crippen molar-refractivity contribution >= 4 is 22.9 Å². The Morgan fingerprint density at radius 1 is 1.53 bits per heavy atom. The molecule has 15 heavy (non-hydrogen) atoms. The summed E-state index contributed by atoms with van der Waals surface area (Å²) in [7, 11) is 0. The van der Waals surface area contributed by atoms with E-state index in [0.717, 1.165) is 36.9 Å². The van der Waals surface area contributed by atoms with E-state index in [2.05, 4.69) is 4.90 Å². The lowest BCUT2D eigenvalue weighted by atomic mass is 10.3. The van der Waals surface area contributed by atoms with Crippen molar-refractivity contribution in [2.24, 2.45) is 5.73 Å². The normalized spacial score (nSPS) is 16.7. The van der Waals surface area contributed by atoms with Gasteiger partial charge >= 0.3 is 0 Å². The number of hydrogen-bond acceptors (Lipinski definition) is 4. The number of carbonyl (C=O) groups excluding carboxylic acids is 1. The highest BCUT2D eigenvalue weighted by molar-refractivity contribution is 7.14. The molecule has 0 aromatic carbocycles. The van der Waals surface area contributed by atoms with Gasteiger partial charge in [-0.1, -0.05) is 0 Å². The number of thiophene rings is 1. The number of amides is 1. The van der Waals surface area contributed by atoms with Gasteiger partial charge in [-0.25, -0.2) is 0 Å². The molecule has 2 heterocycles. The molecule has 5 heteroatoms. The first kappa shape index (κ1) is 10.4. The Bertz CT molecular complexity index is 369. The van der Waals surface area contributed by atoms with Crippen LogP contribution in [0.15, 0.2) is 6.07 Å². The maximum Gasteiger partial charge on any atom is 0.258 e. The third kappa shape index (κ3) is 2.13. The van der Waals surface area contributed by atoms with Crippen LogP contribution < -0.4 is 10.6 Å². The molecule has 82 valence electrons. The van der Waals surface area contributed by atoms with E-state index in [-0.39, 0.29) is 5.91 Å². The maximum atomic E-state index is 11.0. The Hall–Kier alpha value is -1.07. The van der Waals surface area contributed by atoms with Crippen LogP contribution in [0.5, 0.6) is 0 Å². The molecule has 1 aromatic heterocycles. The number of nitrogens with two attached hydrogens (primary N) is 1. The predicted molar refractivity (Wildman–Crippen MR) is 60.6 cm³/mol. The SMILES string of the molecule is Cc1sc(C(N)=O)cc1N1CCOCC1. The molecule has 0 saturated carbocycles. The third-order valence-corrected chi connectivity index (χ3v) is 3.54. The van der Waals surface area contributed by atoms with E-state index in [4.69, 9.17) is 10.5 Å². The summed E-state index contributed by atoms with van der Waals surface area (Å²) in [5, 5.41) is 0. The second kappa shape index (κ2) is 4.20. The molecule has 1 aliphatic heterocycles. The van der Waals surface area contributed by atoms with E-state index in [9.17, 15) is 4.79 Å². The van der Waals surface area contributed by atoms with E-state index < -0.39 is 0 Å². The van der Waals surface area contributed by atoms with Crippen molar-refractivity contribution in [3.63, 3.8) is 0 Å². The fourth-order valence-electron chi connectivity index (χ4n) is 1.71. The molecule has 1 amide bonds. The van der Waals surface area contributed by atoms with E-state index in [0.29, 0.717) is 4.88 Å². The van der Waals surface area contributed by atoms with Crippen LogP contribution in [-0.4, -0.2) is 32.2 Å². The van der Waals surface area contributed by atoms with Crippen LogP contribution in [0.1, 0.15) is 14.5 Å². The zero-order chi connectivity index (χ0) is 10.8. The van der Waals surface area contributed by atoms with Crippen molar-refractivity contribution in [2.75, 3.05) is 31.2 Å². The lowest BCUT2D eigenvalue weighted by molar-refractivity contribution is 0.100. The predicted octanol–water partition coefficient (Wildman–Crippen LogP) is 0.992. The van der Waals surface area contributed by atoms with E-state index >= 15 is 0 Å². The Labute approximate surface area is 92.6 Å². The van der Waals surface area contributed by atoms with Gasteiger partial charge in [0.1, 0.15) is 0 Å². The lowest BCUT2D eigenvalue weighted by Gasteiger charge is -2.28. The molecule has 0 spiro atoms. The van der Waals surface area contributed by atoms with Gasteiger partial charge in [-0.05, 0) is 13.0 Å². The second-order valence-corrected chi connectivity index (χ2v) is 4.77. The van der Waals surface area contributed by atoms with Crippen LogP contribution in [0.2, 0.25) is 0 Å². The van der Waals surface area contributed by atoms with Gasteiger partial charge < -0.3 is 15.4 Å². The topological polar surface area (TPSA) is 55.6 Å². The van der Waals surface area contributed by atoms with Crippen LogP contribution in [0.25, 0.3) is 0 Å². The monoisotopic (exact) mass is 226 g/mol. The average molecular weight is 226 g/mol. The van der Waals surface area contributed by atoms with E-state index in [1.165, 1.54) is 11.3 Å². The van der Waals surface area contributed by atoms with Gasteiger partial charge in [-0.15, -0.1) is 11.3 Å². The molecular weight excluding hydrogens is 212 g/mol. The molecule has 1 aliphatic rings. The van der Waals surface area contributed by atoms with Gasteiger partial charge in [0.2, 0.25) is 0 Å². The summed E-state index contributed by atoms with van der Waals surface area (Å²) < 4.78 is 5.29. The summed E-state index contributed by atoms with van der Waals surface area (Å²) >= 11 is 1.46. The first-order chi connectivity index (χ1) is 7.18. The fraction of sp³-hybridized carbons (Fsp3) is 0.500. The molecule has 1 saturated heterocycles. The van der Waals surface area contributed by atoms with Gasteiger partial charge in [-0.3, -0.25) is 4.79 Å². The largest absolute Gasteiger partial charge is 0.378 e. The molecule has 0 radical (unpaired) electrons. The van der Waals surface area contributed by atoms with Gasteiger partial charge in [0.15, 0.2) is 0 Å². The quantitative estimate of drug-likeness (QED) is 0.818. The van der Waals surface area contributed by atoms with E-state index in [1.807, 2.05) is 13.0 Å². The maximum absolute atomic E-state index is 11.0. The van der Waals surface area contributed by atoms with Gasteiger partial charge in [0.25, 0.3) is 5.91 Å². The minimum atomic E-state index is -0.345. The highest BCUT2D eigenvalue weighted by atomic mass is 32.1. The van der Waals surface area contributed by atoms with Crippen molar-refractivity contribution < 1.29 is 9.53 Å². The minimum absolute atomic E-state index is 0.345. The summed E-state index contributed by atoms with van der Waals surface area (Å²) in [5.74, 6) is -0.345. The summed E-state index contributed by atoms with van der Waals surface area (Å²) in [6.07, 6.45) is 0. The number of ether oxygens (including phenoxy) is 1. The van der Waals surface area contributed by atoms with Crippen LogP contribution >= 0.6 is 11.3 Å². The van der Waals surface area contributed by atoms with Crippen molar-refractivity contribution in [1.82, 2.24) is 0 Å². The van der Waals surface area contributed by atoms with Gasteiger partial charge in [0.05, 0.1) is 23.8 Å². The number of nitrogens with zero attached hydrogens (tertiary/aromatic N) is 1. The number of rotatable bonds is 2. The fourth-order valence-corrected chi connectivity index (χ4v) is 2.61. The van der Waals surface area contributed by atoms with Crippen LogP contribution in [0.3, 0.4) is 0 Å². The van der Waals surface area contributed by atoms with E-state index in [1.54, 1.807) is 0 Å². The summed E-state index contributed by atoms with van der Waals surface area (Å²) in [6.45, 7) is 5.29. The average Bonchev–Trinajstić information content (AvgIpc) is 2.62. The number of primary amides is 1. The first-order valence-electron chi connectivity index (χ1n) is 4.91. The highest BCUT2D eigenvalue weighted by Gasteiger charge is 2.17. The molecule has 1 aromatic rings. The number of morpholine rings is 1. The molecule has 0 bridgehead atoms. The van der Waals surface area contributed by atoms with Crippen LogP contribution in [0, 0.1) is 6.92 Å². The number of aryl methyl sites for hydroxylation is 1. The smallest absolute Gasteiger partial charge is 0.258 e. The third-order valence-electron chi connectivity index (χ3n) is 2.49. The Balaban J connectivity index is 2.22. The van der Waals surface area contributed by atoms with Gasteiger partial charge in [0, 0.05) is 18.0 Å². The van der Waals surface area contributed by atoms with Crippen LogP contribution in [-0.2, 0) is 4.74 Å². The molecule has 0 unspecified atom stereocenters. The minimum Gasteiger partial charge on any atom is -0.378 e.